The number of halogens is 1. The number of likely N-dealkylation sites (tertiary alicyclic amines) is 1. The molecular formula is C30H30FN5O3. The summed E-state index contributed by atoms with van der Waals surface area (Å²) in [5.74, 6) is 0.0243. The van der Waals surface area contributed by atoms with Crippen LogP contribution in [0.5, 0.6) is 5.75 Å². The number of aryl methyl sites for hydroxylation is 1. The molecule has 4 aromatic rings. The molecule has 5 rings (SSSR count). The number of hydrogen-bond acceptors (Lipinski definition) is 6. The quantitative estimate of drug-likeness (QED) is 0.315. The van der Waals surface area contributed by atoms with E-state index >= 15 is 0 Å². The van der Waals surface area contributed by atoms with Crippen molar-refractivity contribution in [3.05, 3.63) is 71.8 Å². The summed E-state index contributed by atoms with van der Waals surface area (Å²) in [5, 5.41) is 17.7. The van der Waals surface area contributed by atoms with Crippen LogP contribution in [-0.4, -0.2) is 50.9 Å². The van der Waals surface area contributed by atoms with Crippen LogP contribution < -0.4 is 4.74 Å². The summed E-state index contributed by atoms with van der Waals surface area (Å²) in [6.45, 7) is 9.07. The second kappa shape index (κ2) is 10.4. The maximum absolute atomic E-state index is 14.7. The molecule has 200 valence electrons. The topological polar surface area (TPSA) is 92.8 Å². The van der Waals surface area contributed by atoms with Gasteiger partial charge >= 0.3 is 6.09 Å². The van der Waals surface area contributed by atoms with Crippen LogP contribution in [-0.2, 0) is 4.74 Å². The molecule has 9 heteroatoms. The number of rotatable bonds is 5. The highest BCUT2D eigenvalue weighted by Crippen LogP contribution is 2.38. The van der Waals surface area contributed by atoms with Crippen LogP contribution in [0.15, 0.2) is 54.9 Å². The van der Waals surface area contributed by atoms with E-state index in [2.05, 4.69) is 10.2 Å². The summed E-state index contributed by atoms with van der Waals surface area (Å²) in [7, 11) is 0. The predicted octanol–water partition coefficient (Wildman–Crippen LogP) is 6.02. The lowest BCUT2D eigenvalue weighted by atomic mass is 9.97. The van der Waals surface area contributed by atoms with Gasteiger partial charge in [0.25, 0.3) is 0 Å². The molecule has 0 bridgehead atoms. The maximum atomic E-state index is 14.7. The van der Waals surface area contributed by atoms with E-state index in [1.165, 1.54) is 12.1 Å². The van der Waals surface area contributed by atoms with Crippen molar-refractivity contribution < 1.29 is 18.7 Å². The SMILES string of the molecule is Cc1ccc(-c2c(-c3ccc(C#N)c(F)c3)cc(OC[C@@H]3CCN(C(=O)OC(C)(C)C)C3)c3nncn23)cc1. The first-order valence-electron chi connectivity index (χ1n) is 12.9. The molecule has 1 fully saturated rings. The zero-order chi connectivity index (χ0) is 27.7. The van der Waals surface area contributed by atoms with E-state index in [4.69, 9.17) is 9.47 Å². The monoisotopic (exact) mass is 527 g/mol. The van der Waals surface area contributed by atoms with Crippen LogP contribution in [0.4, 0.5) is 9.18 Å². The minimum atomic E-state index is -0.593. The molecule has 3 heterocycles. The molecule has 0 saturated carbocycles. The summed E-state index contributed by atoms with van der Waals surface area (Å²) < 4.78 is 28.3. The summed E-state index contributed by atoms with van der Waals surface area (Å²) in [4.78, 5) is 14.2. The van der Waals surface area contributed by atoms with Gasteiger partial charge in [0.15, 0.2) is 5.75 Å². The number of benzene rings is 2. The van der Waals surface area contributed by atoms with E-state index in [0.29, 0.717) is 42.2 Å². The van der Waals surface area contributed by atoms with E-state index in [0.717, 1.165) is 23.2 Å². The Morgan fingerprint density at radius 2 is 1.90 bits per heavy atom. The molecular weight excluding hydrogens is 497 g/mol. The van der Waals surface area contributed by atoms with Crippen molar-refractivity contribution in [2.24, 2.45) is 5.92 Å². The first-order chi connectivity index (χ1) is 18.6. The third-order valence-electron chi connectivity index (χ3n) is 6.68. The fourth-order valence-electron chi connectivity index (χ4n) is 4.73. The summed E-state index contributed by atoms with van der Waals surface area (Å²) in [5.41, 5.74) is 4.07. The molecule has 0 N–H and O–H groups in total. The van der Waals surface area contributed by atoms with Crippen LogP contribution >= 0.6 is 0 Å². The number of hydrogen-bond donors (Lipinski definition) is 0. The van der Waals surface area contributed by atoms with Crippen molar-refractivity contribution >= 4 is 11.7 Å². The molecule has 39 heavy (non-hydrogen) atoms. The van der Waals surface area contributed by atoms with Crippen LogP contribution in [0.1, 0.15) is 38.3 Å². The van der Waals surface area contributed by atoms with E-state index < -0.39 is 11.4 Å². The number of aromatic nitrogens is 3. The van der Waals surface area contributed by atoms with E-state index in [1.807, 2.05) is 68.5 Å². The highest BCUT2D eigenvalue weighted by molar-refractivity contribution is 5.85. The van der Waals surface area contributed by atoms with E-state index in [9.17, 15) is 14.4 Å². The molecule has 1 saturated heterocycles. The lowest BCUT2D eigenvalue weighted by Gasteiger charge is -2.24. The smallest absolute Gasteiger partial charge is 0.410 e. The number of nitriles is 1. The van der Waals surface area contributed by atoms with Crippen LogP contribution in [0.2, 0.25) is 0 Å². The van der Waals surface area contributed by atoms with Gasteiger partial charge in [0.05, 0.1) is 17.9 Å². The Balaban J connectivity index is 1.49. The predicted molar refractivity (Wildman–Crippen MR) is 145 cm³/mol. The molecule has 1 aliphatic heterocycles. The summed E-state index contributed by atoms with van der Waals surface area (Å²) in [6, 6.07) is 16.3. The number of carbonyl (C=O) groups excluding carboxylic acids is 1. The lowest BCUT2D eigenvalue weighted by molar-refractivity contribution is 0.0285. The Morgan fingerprint density at radius 3 is 2.59 bits per heavy atom. The first kappa shape index (κ1) is 26.2. The van der Waals surface area contributed by atoms with Crippen molar-refractivity contribution in [2.75, 3.05) is 19.7 Å². The van der Waals surface area contributed by atoms with Gasteiger partial charge in [0, 0.05) is 24.6 Å². The van der Waals surface area contributed by atoms with Gasteiger partial charge in [-0.05, 0) is 63.4 Å². The van der Waals surface area contributed by atoms with Crippen LogP contribution in [0, 0.1) is 30.0 Å². The van der Waals surface area contributed by atoms with Gasteiger partial charge in [-0.15, -0.1) is 10.2 Å². The maximum Gasteiger partial charge on any atom is 0.410 e. The Hall–Kier alpha value is -4.45. The van der Waals surface area contributed by atoms with Gasteiger partial charge in [0.1, 0.15) is 23.8 Å². The van der Waals surface area contributed by atoms with Gasteiger partial charge in [-0.25, -0.2) is 9.18 Å². The highest BCUT2D eigenvalue weighted by atomic mass is 19.1. The normalized spacial score (nSPS) is 15.4. The Labute approximate surface area is 226 Å². The van der Waals surface area contributed by atoms with Crippen molar-refractivity contribution in [1.29, 1.82) is 5.26 Å². The zero-order valence-electron chi connectivity index (χ0n) is 22.4. The summed E-state index contributed by atoms with van der Waals surface area (Å²) in [6.07, 6.45) is 2.08. The van der Waals surface area contributed by atoms with Gasteiger partial charge in [-0.3, -0.25) is 4.40 Å². The summed E-state index contributed by atoms with van der Waals surface area (Å²) >= 11 is 0. The number of pyridine rings is 1. The minimum absolute atomic E-state index is 0.0201. The average molecular weight is 528 g/mol. The average Bonchev–Trinajstić information content (AvgIpc) is 3.57. The van der Waals surface area contributed by atoms with Gasteiger partial charge in [-0.2, -0.15) is 5.26 Å². The molecule has 8 nitrogen and oxygen atoms in total. The van der Waals surface area contributed by atoms with E-state index in [1.54, 1.807) is 17.3 Å². The first-order valence-corrected chi connectivity index (χ1v) is 12.9. The second-order valence-corrected chi connectivity index (χ2v) is 10.9. The third kappa shape index (κ3) is 5.55. The zero-order valence-corrected chi connectivity index (χ0v) is 22.4. The Bertz CT molecular complexity index is 1570. The number of amides is 1. The fraction of sp³-hybridized carbons (Fsp3) is 0.333. The Morgan fingerprint density at radius 1 is 1.15 bits per heavy atom. The highest BCUT2D eigenvalue weighted by Gasteiger charge is 2.30. The van der Waals surface area contributed by atoms with Gasteiger partial charge in [0.2, 0.25) is 5.65 Å². The number of fused-ring (bicyclic) bond motifs is 1. The third-order valence-corrected chi connectivity index (χ3v) is 6.68. The standard InChI is InChI=1S/C30H30FN5O3/c1-19-5-7-21(8-6-19)27-24(22-9-10-23(15-32)25(31)13-22)14-26(28-34-33-18-36(27)28)38-17-20-11-12-35(16-20)29(37)39-30(2,3)4/h5-10,13-14,18,20H,11-12,16-17H2,1-4H3/t20-/m1/s1. The fourth-order valence-corrected chi connectivity index (χ4v) is 4.73. The number of nitrogens with zero attached hydrogens (tertiary/aromatic N) is 5. The molecule has 2 aromatic carbocycles. The largest absolute Gasteiger partial charge is 0.489 e. The van der Waals surface area contributed by atoms with Gasteiger partial charge in [-0.1, -0.05) is 35.9 Å². The van der Waals surface area contributed by atoms with Crippen LogP contribution in [0.25, 0.3) is 28.0 Å². The molecule has 2 aromatic heterocycles. The minimum Gasteiger partial charge on any atom is -0.489 e. The van der Waals surface area contributed by atoms with Crippen LogP contribution in [0.3, 0.4) is 0 Å². The molecule has 1 atom stereocenters. The molecule has 0 aliphatic carbocycles. The van der Waals surface area contributed by atoms with Crippen molar-refractivity contribution in [3.8, 4) is 34.2 Å². The molecule has 1 amide bonds. The second-order valence-electron chi connectivity index (χ2n) is 10.9. The van der Waals surface area contributed by atoms with Crippen molar-refractivity contribution in [3.63, 3.8) is 0 Å². The molecule has 1 aliphatic rings. The van der Waals surface area contributed by atoms with Gasteiger partial charge < -0.3 is 14.4 Å². The van der Waals surface area contributed by atoms with E-state index in [-0.39, 0.29) is 17.6 Å². The van der Waals surface area contributed by atoms with Crippen molar-refractivity contribution in [2.45, 2.75) is 39.7 Å². The van der Waals surface area contributed by atoms with Crippen molar-refractivity contribution in [1.82, 2.24) is 19.5 Å². The molecule has 0 radical (unpaired) electrons. The number of carbonyl (C=O) groups is 1. The molecule has 0 spiro atoms. The Kier molecular flexibility index (Phi) is 6.96. The number of ether oxygens (including phenoxy) is 2. The lowest BCUT2D eigenvalue weighted by Crippen LogP contribution is -2.35. The molecule has 0 unspecified atom stereocenters.